The lowest BCUT2D eigenvalue weighted by atomic mass is 9.68. The van der Waals surface area contributed by atoms with Crippen LogP contribution >= 0.6 is 0 Å². The number of carbonyl (C=O) groups excluding carboxylic acids is 2. The molecule has 31 heavy (non-hydrogen) atoms. The maximum Gasteiger partial charge on any atom is 0.329 e. The Kier molecular flexibility index (Phi) is 7.33. The van der Waals surface area contributed by atoms with Gasteiger partial charge in [-0.3, -0.25) is 9.59 Å². The van der Waals surface area contributed by atoms with Crippen molar-refractivity contribution < 1.29 is 19.5 Å². The zero-order chi connectivity index (χ0) is 22.4. The van der Waals surface area contributed by atoms with Gasteiger partial charge in [0.1, 0.15) is 5.75 Å². The number of piperidine rings is 1. The molecular weight excluding hydrogens is 392 g/mol. The largest absolute Gasteiger partial charge is 0.508 e. The number of nitrogens with zero attached hydrogens (tertiary/aromatic N) is 1. The minimum absolute atomic E-state index is 0.0375. The first-order valence-electron chi connectivity index (χ1n) is 10.8. The fourth-order valence-electron chi connectivity index (χ4n) is 4.43. The Bertz CT molecular complexity index is 901. The van der Waals surface area contributed by atoms with Crippen molar-refractivity contribution in [3.63, 3.8) is 0 Å². The average Bonchev–Trinajstić information content (AvgIpc) is 2.75. The van der Waals surface area contributed by atoms with E-state index in [0.717, 1.165) is 30.6 Å². The van der Waals surface area contributed by atoms with Crippen molar-refractivity contribution in [3.8, 4) is 5.75 Å². The number of phenols is 1. The van der Waals surface area contributed by atoms with Crippen molar-refractivity contribution in [2.75, 3.05) is 19.6 Å². The van der Waals surface area contributed by atoms with Gasteiger partial charge in [-0.2, -0.15) is 5.48 Å². The van der Waals surface area contributed by atoms with Crippen LogP contribution < -0.4 is 5.48 Å². The summed E-state index contributed by atoms with van der Waals surface area (Å²) in [7, 11) is 0. The van der Waals surface area contributed by atoms with E-state index >= 15 is 0 Å². The lowest BCUT2D eigenvalue weighted by molar-refractivity contribution is -0.158. The summed E-state index contributed by atoms with van der Waals surface area (Å²) in [5.41, 5.74) is 4.49. The summed E-state index contributed by atoms with van der Waals surface area (Å²) in [5.74, 6) is -0.525. The summed E-state index contributed by atoms with van der Waals surface area (Å²) >= 11 is 0. The van der Waals surface area contributed by atoms with E-state index in [2.05, 4.69) is 30.3 Å². The molecule has 0 radical (unpaired) electrons. The summed E-state index contributed by atoms with van der Waals surface area (Å²) in [6.07, 6.45) is 1.50. The van der Waals surface area contributed by atoms with Crippen molar-refractivity contribution >= 4 is 11.9 Å². The molecule has 3 atom stereocenters. The minimum atomic E-state index is -0.541. The normalized spacial score (nSPS) is 22.5. The van der Waals surface area contributed by atoms with E-state index < -0.39 is 5.97 Å². The zero-order valence-corrected chi connectivity index (χ0v) is 18.5. The third kappa shape index (κ3) is 5.85. The number of likely N-dealkylation sites (tertiary alicyclic amines) is 1. The maximum absolute atomic E-state index is 12.8. The molecule has 1 saturated heterocycles. The van der Waals surface area contributed by atoms with Crippen LogP contribution in [0.2, 0.25) is 0 Å². The molecule has 0 bridgehead atoms. The third-order valence-corrected chi connectivity index (χ3v) is 6.54. The van der Waals surface area contributed by atoms with E-state index in [1.54, 1.807) is 6.07 Å². The van der Waals surface area contributed by atoms with E-state index in [9.17, 15) is 14.7 Å². The summed E-state index contributed by atoms with van der Waals surface area (Å²) in [6.45, 7) is 8.02. The number of hydrogen-bond donors (Lipinski definition) is 2. The number of carbonyl (C=O) groups is 2. The van der Waals surface area contributed by atoms with Crippen LogP contribution in [0.25, 0.3) is 0 Å². The number of amides is 1. The average molecular weight is 425 g/mol. The monoisotopic (exact) mass is 424 g/mol. The van der Waals surface area contributed by atoms with Crippen molar-refractivity contribution in [1.82, 2.24) is 10.4 Å². The van der Waals surface area contributed by atoms with Gasteiger partial charge in [0.05, 0.1) is 5.92 Å². The molecule has 2 aromatic rings. The topological polar surface area (TPSA) is 78.9 Å². The van der Waals surface area contributed by atoms with E-state index in [-0.39, 0.29) is 17.2 Å². The standard InChI is InChI=1S/C25H32N2O4/c1-18-16-27(13-12-25(18,3)22-10-7-11-23(29)15-22)17-21(24(30)26-31-19(2)28)14-20-8-5-4-6-9-20/h4-11,15,18,21,29H,12-14,16-17H2,1-3H3,(H,26,30)/t18-,21-,25+/m0/s1. The molecule has 166 valence electrons. The highest BCUT2D eigenvalue weighted by molar-refractivity contribution is 5.80. The smallest absolute Gasteiger partial charge is 0.329 e. The van der Waals surface area contributed by atoms with Gasteiger partial charge >= 0.3 is 5.97 Å². The number of rotatable bonds is 6. The number of nitrogens with one attached hydrogen (secondary N) is 1. The predicted octanol–water partition coefficient (Wildman–Crippen LogP) is 3.44. The Labute approximate surface area is 184 Å². The van der Waals surface area contributed by atoms with Gasteiger partial charge in [0, 0.05) is 20.0 Å². The molecular formula is C25H32N2O4. The fraction of sp³-hybridized carbons (Fsp3) is 0.440. The van der Waals surface area contributed by atoms with Crippen LogP contribution in [0.15, 0.2) is 54.6 Å². The second-order valence-corrected chi connectivity index (χ2v) is 8.83. The lowest BCUT2D eigenvalue weighted by Crippen LogP contribution is -2.50. The first kappa shape index (κ1) is 22.8. The van der Waals surface area contributed by atoms with Gasteiger partial charge < -0.3 is 14.8 Å². The van der Waals surface area contributed by atoms with Crippen LogP contribution in [0.1, 0.15) is 38.3 Å². The number of aromatic hydroxyl groups is 1. The summed E-state index contributed by atoms with van der Waals surface area (Å²) in [6, 6.07) is 17.4. The molecule has 6 heteroatoms. The first-order chi connectivity index (χ1) is 14.8. The van der Waals surface area contributed by atoms with Gasteiger partial charge in [0.25, 0.3) is 5.91 Å². The Morgan fingerprint density at radius 2 is 1.97 bits per heavy atom. The van der Waals surface area contributed by atoms with Crippen LogP contribution in [0.4, 0.5) is 0 Å². The van der Waals surface area contributed by atoms with E-state index in [1.165, 1.54) is 6.92 Å². The predicted molar refractivity (Wildman–Crippen MR) is 119 cm³/mol. The summed E-state index contributed by atoms with van der Waals surface area (Å²) in [5, 5.41) is 9.92. The molecule has 1 aliphatic heterocycles. The molecule has 1 aliphatic rings. The van der Waals surface area contributed by atoms with Crippen LogP contribution in [0, 0.1) is 11.8 Å². The Balaban J connectivity index is 1.69. The molecule has 0 spiro atoms. The lowest BCUT2D eigenvalue weighted by Gasteiger charge is -2.45. The Morgan fingerprint density at radius 1 is 1.23 bits per heavy atom. The molecule has 2 aromatic carbocycles. The van der Waals surface area contributed by atoms with Crippen LogP contribution in [-0.4, -0.2) is 41.5 Å². The summed E-state index contributed by atoms with van der Waals surface area (Å²) < 4.78 is 0. The highest BCUT2D eigenvalue weighted by Crippen LogP contribution is 2.40. The molecule has 0 saturated carbocycles. The van der Waals surface area contributed by atoms with E-state index in [4.69, 9.17) is 4.84 Å². The molecule has 1 amide bonds. The van der Waals surface area contributed by atoms with Gasteiger partial charge in [-0.05, 0) is 54.0 Å². The molecule has 3 rings (SSSR count). The van der Waals surface area contributed by atoms with Crippen molar-refractivity contribution in [2.24, 2.45) is 11.8 Å². The Morgan fingerprint density at radius 3 is 2.61 bits per heavy atom. The van der Waals surface area contributed by atoms with E-state index in [0.29, 0.717) is 24.6 Å². The fourth-order valence-corrected chi connectivity index (χ4v) is 4.43. The van der Waals surface area contributed by atoms with Gasteiger partial charge in [0.15, 0.2) is 0 Å². The summed E-state index contributed by atoms with van der Waals surface area (Å²) in [4.78, 5) is 30.9. The molecule has 0 aliphatic carbocycles. The van der Waals surface area contributed by atoms with Crippen molar-refractivity contribution in [3.05, 3.63) is 65.7 Å². The van der Waals surface area contributed by atoms with E-state index in [1.807, 2.05) is 42.5 Å². The highest BCUT2D eigenvalue weighted by Gasteiger charge is 2.39. The van der Waals surface area contributed by atoms with Gasteiger partial charge in [-0.15, -0.1) is 0 Å². The van der Waals surface area contributed by atoms with Crippen LogP contribution in [-0.2, 0) is 26.3 Å². The van der Waals surface area contributed by atoms with Crippen LogP contribution in [0.3, 0.4) is 0 Å². The molecule has 2 N–H and O–H groups in total. The molecule has 1 fully saturated rings. The highest BCUT2D eigenvalue weighted by atomic mass is 16.7. The molecule has 0 unspecified atom stereocenters. The maximum atomic E-state index is 12.8. The Hall–Kier alpha value is -2.86. The number of phenolic OH excluding ortho intramolecular Hbond substituents is 1. The molecule has 0 aromatic heterocycles. The van der Waals surface area contributed by atoms with Crippen LogP contribution in [0.5, 0.6) is 5.75 Å². The van der Waals surface area contributed by atoms with Crippen molar-refractivity contribution in [2.45, 2.75) is 39.0 Å². The quantitative estimate of drug-likeness (QED) is 0.695. The SMILES string of the molecule is CC(=O)ONC(=O)[C@@H](Cc1ccccc1)CN1CC[C@@](C)(c2cccc(O)c2)[C@@H](C)C1. The van der Waals surface area contributed by atoms with Crippen molar-refractivity contribution in [1.29, 1.82) is 0 Å². The molecule has 6 nitrogen and oxygen atoms in total. The zero-order valence-electron chi connectivity index (χ0n) is 18.5. The number of benzene rings is 2. The number of hydrogen-bond acceptors (Lipinski definition) is 5. The van der Waals surface area contributed by atoms with Gasteiger partial charge in [-0.1, -0.05) is 56.3 Å². The molecule has 1 heterocycles. The first-order valence-corrected chi connectivity index (χ1v) is 10.8. The number of hydroxylamine groups is 1. The minimum Gasteiger partial charge on any atom is -0.508 e. The second kappa shape index (κ2) is 9.96. The second-order valence-electron chi connectivity index (χ2n) is 8.83. The van der Waals surface area contributed by atoms with Gasteiger partial charge in [-0.25, -0.2) is 0 Å². The van der Waals surface area contributed by atoms with Gasteiger partial charge in [0.2, 0.25) is 0 Å². The third-order valence-electron chi connectivity index (χ3n) is 6.54.